The molecule has 1 heterocycles. The van der Waals surface area contributed by atoms with Crippen LogP contribution in [0.2, 0.25) is 0 Å². The lowest BCUT2D eigenvalue weighted by Gasteiger charge is -2.14. The van der Waals surface area contributed by atoms with Crippen molar-refractivity contribution in [3.8, 4) is 0 Å². The maximum atomic E-state index is 10.9. The van der Waals surface area contributed by atoms with Gasteiger partial charge in [0.1, 0.15) is 0 Å². The molecule has 0 saturated heterocycles. The summed E-state index contributed by atoms with van der Waals surface area (Å²) in [7, 11) is 5.00. The molecule has 0 aliphatic rings. The molecule has 1 atom stereocenters. The van der Waals surface area contributed by atoms with Gasteiger partial charge < -0.3 is 14.6 Å². The minimum atomic E-state index is -1.23. The molecule has 0 radical (unpaired) electrons. The first-order valence-electron chi connectivity index (χ1n) is 4.35. The SMILES string of the molecule is CO[C@@H](C(=O)[O-])c1c(SC)[n+](C)cn1C. The van der Waals surface area contributed by atoms with Crippen molar-refractivity contribution < 1.29 is 19.2 Å². The number of ether oxygens (including phenoxy) is 1. The molecule has 15 heavy (non-hydrogen) atoms. The number of nitrogens with zero attached hydrogens (tertiary/aromatic N) is 2. The van der Waals surface area contributed by atoms with Crippen molar-refractivity contribution >= 4 is 17.7 Å². The van der Waals surface area contributed by atoms with Crippen molar-refractivity contribution in [2.75, 3.05) is 13.4 Å². The van der Waals surface area contributed by atoms with Crippen LogP contribution in [0.1, 0.15) is 11.8 Å². The molecule has 0 spiro atoms. The Bertz CT molecular complexity index is 376. The van der Waals surface area contributed by atoms with Crippen molar-refractivity contribution in [1.29, 1.82) is 0 Å². The Labute approximate surface area is 92.7 Å². The second-order valence-corrected chi connectivity index (χ2v) is 3.96. The first kappa shape index (κ1) is 12.1. The van der Waals surface area contributed by atoms with Gasteiger partial charge in [-0.3, -0.25) is 0 Å². The fourth-order valence-electron chi connectivity index (χ4n) is 1.57. The molecule has 5 nitrogen and oxygen atoms in total. The van der Waals surface area contributed by atoms with Crippen LogP contribution < -0.4 is 9.67 Å². The number of imidazole rings is 1. The minimum absolute atomic E-state index is 0.604. The zero-order valence-corrected chi connectivity index (χ0v) is 10.00. The molecule has 6 heteroatoms. The third-order valence-electron chi connectivity index (χ3n) is 2.16. The van der Waals surface area contributed by atoms with Crippen LogP contribution >= 0.6 is 11.8 Å². The Morgan fingerprint density at radius 2 is 2.33 bits per heavy atom. The first-order chi connectivity index (χ1) is 7.02. The summed E-state index contributed by atoms with van der Waals surface area (Å²) < 4.78 is 8.51. The second-order valence-electron chi connectivity index (χ2n) is 3.17. The molecule has 0 amide bonds. The number of rotatable bonds is 4. The van der Waals surface area contributed by atoms with Gasteiger partial charge in [-0.1, -0.05) is 11.8 Å². The highest BCUT2D eigenvalue weighted by Gasteiger charge is 2.27. The Morgan fingerprint density at radius 3 is 2.73 bits per heavy atom. The summed E-state index contributed by atoms with van der Waals surface area (Å²) in [5.74, 6) is -1.23. The number of carbonyl (C=O) groups excluding carboxylic acids is 1. The molecule has 0 aliphatic heterocycles. The molecule has 1 rings (SSSR count). The molecule has 0 aromatic carbocycles. The number of hydrogen-bond donors (Lipinski definition) is 0. The average molecular weight is 230 g/mol. The van der Waals surface area contributed by atoms with E-state index in [0.717, 1.165) is 5.03 Å². The van der Waals surface area contributed by atoms with Gasteiger partial charge in [0.05, 0.1) is 20.1 Å². The summed E-state index contributed by atoms with van der Waals surface area (Å²) >= 11 is 1.47. The lowest BCUT2D eigenvalue weighted by molar-refractivity contribution is -0.707. The third kappa shape index (κ3) is 2.15. The maximum absolute atomic E-state index is 10.9. The van der Waals surface area contributed by atoms with Crippen LogP contribution in [-0.2, 0) is 23.6 Å². The number of thioether (sulfide) groups is 1. The Morgan fingerprint density at radius 1 is 1.73 bits per heavy atom. The third-order valence-corrected chi connectivity index (χ3v) is 3.04. The van der Waals surface area contributed by atoms with Crippen LogP contribution in [0, 0.1) is 0 Å². The number of aliphatic carboxylic acids is 1. The molecule has 0 unspecified atom stereocenters. The average Bonchev–Trinajstić information content (AvgIpc) is 2.42. The lowest BCUT2D eigenvalue weighted by Crippen LogP contribution is -2.33. The first-order valence-corrected chi connectivity index (χ1v) is 5.57. The van der Waals surface area contributed by atoms with Gasteiger partial charge in [-0.05, 0) is 6.26 Å². The maximum Gasteiger partial charge on any atom is 0.244 e. The van der Waals surface area contributed by atoms with Gasteiger partial charge in [0.15, 0.2) is 11.8 Å². The Kier molecular flexibility index (Phi) is 3.76. The molecule has 0 saturated carbocycles. The van der Waals surface area contributed by atoms with Crippen LogP contribution in [0.3, 0.4) is 0 Å². The van der Waals surface area contributed by atoms with E-state index in [0.29, 0.717) is 5.69 Å². The summed E-state index contributed by atoms with van der Waals surface area (Å²) in [6.07, 6.45) is 2.66. The van der Waals surface area contributed by atoms with E-state index in [9.17, 15) is 9.90 Å². The molecule has 84 valence electrons. The summed E-state index contributed by atoms with van der Waals surface area (Å²) in [4.78, 5) is 10.9. The fourth-order valence-corrected chi connectivity index (χ4v) is 2.37. The van der Waals surface area contributed by atoms with E-state index in [2.05, 4.69) is 0 Å². The predicted octanol–water partition coefficient (Wildman–Crippen LogP) is -0.991. The van der Waals surface area contributed by atoms with Crippen molar-refractivity contribution in [3.63, 3.8) is 0 Å². The van der Waals surface area contributed by atoms with Gasteiger partial charge in [0.2, 0.25) is 11.4 Å². The van der Waals surface area contributed by atoms with Crippen LogP contribution in [0.4, 0.5) is 0 Å². The smallest absolute Gasteiger partial charge is 0.244 e. The highest BCUT2D eigenvalue weighted by atomic mass is 32.2. The predicted molar refractivity (Wildman–Crippen MR) is 53.1 cm³/mol. The molecular formula is C9H14N2O3S. The number of carbonyl (C=O) groups is 1. The summed E-state index contributed by atoms with van der Waals surface area (Å²) in [5.41, 5.74) is 0.604. The van der Waals surface area contributed by atoms with E-state index in [1.807, 2.05) is 17.9 Å². The van der Waals surface area contributed by atoms with Crippen LogP contribution in [0.5, 0.6) is 0 Å². The molecule has 1 aromatic rings. The number of carboxylic acids is 1. The molecule has 0 aliphatic carbocycles. The van der Waals surface area contributed by atoms with Crippen molar-refractivity contribution in [3.05, 3.63) is 12.0 Å². The Hall–Kier alpha value is -1.01. The van der Waals surface area contributed by atoms with E-state index >= 15 is 0 Å². The number of aryl methyl sites for hydroxylation is 2. The quantitative estimate of drug-likeness (QED) is 0.492. The van der Waals surface area contributed by atoms with E-state index in [1.165, 1.54) is 18.9 Å². The topological polar surface area (TPSA) is 58.2 Å². The summed E-state index contributed by atoms with van der Waals surface area (Å²) in [6, 6.07) is 0. The van der Waals surface area contributed by atoms with Crippen LogP contribution in [0.25, 0.3) is 0 Å². The fraction of sp³-hybridized carbons (Fsp3) is 0.556. The molecule has 0 N–H and O–H groups in total. The van der Waals surface area contributed by atoms with Gasteiger partial charge in [-0.2, -0.15) is 0 Å². The van der Waals surface area contributed by atoms with Crippen LogP contribution in [0.15, 0.2) is 11.4 Å². The highest BCUT2D eigenvalue weighted by Crippen LogP contribution is 2.24. The molecular weight excluding hydrogens is 216 g/mol. The zero-order valence-electron chi connectivity index (χ0n) is 9.18. The second kappa shape index (κ2) is 4.67. The zero-order chi connectivity index (χ0) is 11.6. The monoisotopic (exact) mass is 230 g/mol. The van der Waals surface area contributed by atoms with Crippen LogP contribution in [-0.4, -0.2) is 23.9 Å². The van der Waals surface area contributed by atoms with Crippen molar-refractivity contribution in [2.24, 2.45) is 14.1 Å². The highest BCUT2D eigenvalue weighted by molar-refractivity contribution is 7.98. The summed E-state index contributed by atoms with van der Waals surface area (Å²) in [6.45, 7) is 0. The Balaban J connectivity index is 3.27. The van der Waals surface area contributed by atoms with Gasteiger partial charge >= 0.3 is 0 Å². The molecule has 1 aromatic heterocycles. The molecule has 0 bridgehead atoms. The van der Waals surface area contributed by atoms with E-state index in [-0.39, 0.29) is 0 Å². The standard InChI is InChI=1S/C9H14N2O3S/c1-10-5-11(2)8(15-4)6(10)7(14-3)9(12)13/h5,7H,1-4H3/t7-/m1/s1. The van der Waals surface area contributed by atoms with Crippen molar-refractivity contribution in [1.82, 2.24) is 4.57 Å². The van der Waals surface area contributed by atoms with Gasteiger partial charge in [0.25, 0.3) is 0 Å². The van der Waals surface area contributed by atoms with E-state index in [1.54, 1.807) is 17.9 Å². The minimum Gasteiger partial charge on any atom is -0.547 e. The summed E-state index contributed by atoms with van der Waals surface area (Å²) in [5, 5.41) is 11.7. The molecule has 0 fully saturated rings. The number of aromatic nitrogens is 2. The number of methoxy groups -OCH3 is 1. The van der Waals surface area contributed by atoms with Gasteiger partial charge in [0, 0.05) is 7.11 Å². The lowest BCUT2D eigenvalue weighted by atomic mass is 10.2. The normalized spacial score (nSPS) is 12.8. The van der Waals surface area contributed by atoms with Crippen molar-refractivity contribution in [2.45, 2.75) is 11.1 Å². The van der Waals surface area contributed by atoms with E-state index < -0.39 is 12.1 Å². The number of carboxylic acid groups (broad SMARTS) is 1. The van der Waals surface area contributed by atoms with Gasteiger partial charge in [-0.25, -0.2) is 9.13 Å². The van der Waals surface area contributed by atoms with Gasteiger partial charge in [-0.15, -0.1) is 0 Å². The largest absolute Gasteiger partial charge is 0.547 e. The van der Waals surface area contributed by atoms with E-state index in [4.69, 9.17) is 4.74 Å². The number of hydrogen-bond acceptors (Lipinski definition) is 4.